The number of likely N-dealkylation sites (tertiary alicyclic amines) is 1. The third-order valence-electron chi connectivity index (χ3n) is 4.08. The Morgan fingerprint density at radius 2 is 1.90 bits per heavy atom. The number of piperidine rings is 1. The minimum absolute atomic E-state index is 0.265. The third-order valence-corrected chi connectivity index (χ3v) is 4.08. The van der Waals surface area contributed by atoms with Gasteiger partial charge in [-0.2, -0.15) is 0 Å². The van der Waals surface area contributed by atoms with Gasteiger partial charge in [0.1, 0.15) is 0 Å². The Bertz CT molecular complexity index is 250. The van der Waals surface area contributed by atoms with Crippen LogP contribution < -0.4 is 5.32 Å². The molecule has 1 rings (SSSR count). The van der Waals surface area contributed by atoms with E-state index in [2.05, 4.69) is 37.9 Å². The average Bonchev–Trinajstić information content (AvgIpc) is 2.43. The number of nitrogens with zero attached hydrogens (tertiary/aromatic N) is 1. The normalized spacial score (nSPS) is 20.9. The number of ether oxygens (including phenoxy) is 1. The van der Waals surface area contributed by atoms with Crippen LogP contribution in [-0.2, 0) is 4.74 Å². The summed E-state index contributed by atoms with van der Waals surface area (Å²) in [6.07, 6.45) is 9.57. The number of hydrogen-bond acceptors (Lipinski definition) is 3. The highest BCUT2D eigenvalue weighted by molar-refractivity contribution is 4.73. The zero-order chi connectivity index (χ0) is 15.6. The van der Waals surface area contributed by atoms with E-state index in [0.717, 1.165) is 26.1 Å². The Morgan fingerprint density at radius 1 is 1.14 bits per heavy atom. The topological polar surface area (TPSA) is 24.5 Å². The van der Waals surface area contributed by atoms with Gasteiger partial charge in [0.05, 0.1) is 6.10 Å². The molecule has 1 heterocycles. The molecule has 0 aliphatic carbocycles. The molecule has 3 nitrogen and oxygen atoms in total. The van der Waals surface area contributed by atoms with Crippen LogP contribution in [-0.4, -0.2) is 49.3 Å². The lowest BCUT2D eigenvalue weighted by Gasteiger charge is -2.32. The van der Waals surface area contributed by atoms with E-state index in [1.54, 1.807) is 0 Å². The van der Waals surface area contributed by atoms with E-state index in [0.29, 0.717) is 6.10 Å². The molecule has 21 heavy (non-hydrogen) atoms. The maximum Gasteiger partial charge on any atom is 0.0702 e. The minimum Gasteiger partial charge on any atom is -0.377 e. The minimum atomic E-state index is 0.265. The van der Waals surface area contributed by atoms with Gasteiger partial charge in [0, 0.05) is 18.7 Å². The van der Waals surface area contributed by atoms with Gasteiger partial charge in [-0.3, -0.25) is 0 Å². The number of unbranched alkanes of at least 4 members (excludes halogenated alkanes) is 3. The first-order valence-electron chi connectivity index (χ1n) is 9.10. The van der Waals surface area contributed by atoms with Gasteiger partial charge in [-0.05, 0) is 72.5 Å². The first-order valence-corrected chi connectivity index (χ1v) is 9.10. The summed E-state index contributed by atoms with van der Waals surface area (Å²) >= 11 is 0. The van der Waals surface area contributed by atoms with E-state index >= 15 is 0 Å². The lowest BCUT2D eigenvalue weighted by atomic mass is 10.1. The Balaban J connectivity index is 1.97. The molecule has 0 aromatic rings. The van der Waals surface area contributed by atoms with Gasteiger partial charge >= 0.3 is 0 Å². The SMILES string of the molecule is CCCOC1CCCN(CCCCCCNC(C)(C)C)C1. The van der Waals surface area contributed by atoms with Crippen molar-refractivity contribution in [3.8, 4) is 0 Å². The number of hydrogen-bond donors (Lipinski definition) is 1. The summed E-state index contributed by atoms with van der Waals surface area (Å²) in [5.74, 6) is 0. The zero-order valence-electron chi connectivity index (χ0n) is 14.9. The van der Waals surface area contributed by atoms with Crippen LogP contribution in [0.3, 0.4) is 0 Å². The Kier molecular flexibility index (Phi) is 9.54. The van der Waals surface area contributed by atoms with Crippen molar-refractivity contribution in [2.24, 2.45) is 0 Å². The second kappa shape index (κ2) is 10.6. The van der Waals surface area contributed by atoms with Crippen LogP contribution >= 0.6 is 0 Å². The van der Waals surface area contributed by atoms with Gasteiger partial charge < -0.3 is 15.0 Å². The highest BCUT2D eigenvalue weighted by atomic mass is 16.5. The van der Waals surface area contributed by atoms with E-state index in [9.17, 15) is 0 Å². The second-order valence-corrected chi connectivity index (χ2v) is 7.53. The van der Waals surface area contributed by atoms with Crippen molar-refractivity contribution in [3.63, 3.8) is 0 Å². The van der Waals surface area contributed by atoms with Crippen molar-refractivity contribution >= 4 is 0 Å². The Labute approximate surface area is 132 Å². The van der Waals surface area contributed by atoms with Crippen LogP contribution in [0.4, 0.5) is 0 Å². The number of nitrogens with one attached hydrogen (secondary N) is 1. The lowest BCUT2D eigenvalue weighted by Crippen LogP contribution is -2.40. The van der Waals surface area contributed by atoms with Crippen molar-refractivity contribution in [3.05, 3.63) is 0 Å². The van der Waals surface area contributed by atoms with Crippen molar-refractivity contribution in [2.45, 2.75) is 84.3 Å². The molecular formula is C18H38N2O. The highest BCUT2D eigenvalue weighted by Gasteiger charge is 2.19. The van der Waals surface area contributed by atoms with Crippen molar-refractivity contribution in [1.29, 1.82) is 0 Å². The van der Waals surface area contributed by atoms with Gasteiger partial charge in [0.2, 0.25) is 0 Å². The summed E-state index contributed by atoms with van der Waals surface area (Å²) < 4.78 is 5.90. The van der Waals surface area contributed by atoms with Crippen LogP contribution in [0.25, 0.3) is 0 Å². The predicted octanol–water partition coefficient (Wildman–Crippen LogP) is 3.83. The van der Waals surface area contributed by atoms with Crippen molar-refractivity contribution in [1.82, 2.24) is 10.2 Å². The molecule has 1 unspecified atom stereocenters. The van der Waals surface area contributed by atoms with E-state index in [-0.39, 0.29) is 5.54 Å². The molecule has 126 valence electrons. The van der Waals surface area contributed by atoms with E-state index in [1.807, 2.05) is 0 Å². The molecule has 0 saturated carbocycles. The van der Waals surface area contributed by atoms with E-state index < -0.39 is 0 Å². The summed E-state index contributed by atoms with van der Waals surface area (Å²) in [6, 6.07) is 0. The zero-order valence-corrected chi connectivity index (χ0v) is 14.9. The fraction of sp³-hybridized carbons (Fsp3) is 1.00. The summed E-state index contributed by atoms with van der Waals surface area (Å²) in [5, 5.41) is 3.56. The predicted molar refractivity (Wildman–Crippen MR) is 91.9 cm³/mol. The fourth-order valence-electron chi connectivity index (χ4n) is 2.91. The first kappa shape index (κ1) is 18.9. The van der Waals surface area contributed by atoms with Crippen LogP contribution in [0.5, 0.6) is 0 Å². The molecule has 1 fully saturated rings. The maximum atomic E-state index is 5.90. The molecule has 0 amide bonds. The quantitative estimate of drug-likeness (QED) is 0.620. The molecule has 0 spiro atoms. The maximum absolute atomic E-state index is 5.90. The molecule has 1 aliphatic rings. The lowest BCUT2D eigenvalue weighted by molar-refractivity contribution is -0.000360. The van der Waals surface area contributed by atoms with Gasteiger partial charge in [0.15, 0.2) is 0 Å². The van der Waals surface area contributed by atoms with Crippen molar-refractivity contribution < 1.29 is 4.74 Å². The van der Waals surface area contributed by atoms with Crippen molar-refractivity contribution in [2.75, 3.05) is 32.8 Å². The smallest absolute Gasteiger partial charge is 0.0702 e. The van der Waals surface area contributed by atoms with E-state index in [4.69, 9.17) is 4.74 Å². The molecule has 1 aliphatic heterocycles. The molecule has 3 heteroatoms. The summed E-state index contributed by atoms with van der Waals surface area (Å²) in [7, 11) is 0. The van der Waals surface area contributed by atoms with Crippen LogP contribution in [0.2, 0.25) is 0 Å². The monoisotopic (exact) mass is 298 g/mol. The summed E-state index contributed by atoms with van der Waals surface area (Å²) in [6.45, 7) is 14.7. The largest absolute Gasteiger partial charge is 0.377 e. The van der Waals surface area contributed by atoms with Gasteiger partial charge in [-0.1, -0.05) is 19.8 Å². The van der Waals surface area contributed by atoms with Crippen LogP contribution in [0, 0.1) is 0 Å². The van der Waals surface area contributed by atoms with Crippen LogP contribution in [0.15, 0.2) is 0 Å². The Hall–Kier alpha value is -0.120. The molecule has 0 radical (unpaired) electrons. The molecule has 1 N–H and O–H groups in total. The van der Waals surface area contributed by atoms with E-state index in [1.165, 1.54) is 51.6 Å². The molecular weight excluding hydrogens is 260 g/mol. The second-order valence-electron chi connectivity index (χ2n) is 7.53. The Morgan fingerprint density at radius 3 is 2.62 bits per heavy atom. The van der Waals surface area contributed by atoms with Gasteiger partial charge in [-0.25, -0.2) is 0 Å². The average molecular weight is 299 g/mol. The molecule has 0 bridgehead atoms. The highest BCUT2D eigenvalue weighted by Crippen LogP contribution is 2.14. The first-order chi connectivity index (χ1) is 10.0. The standard InChI is InChI=1S/C18H38N2O/c1-5-15-21-17-11-10-14-20(16-17)13-9-7-6-8-12-19-18(2,3)4/h17,19H,5-16H2,1-4H3. The van der Waals surface area contributed by atoms with Gasteiger partial charge in [0.25, 0.3) is 0 Å². The molecule has 0 aromatic heterocycles. The van der Waals surface area contributed by atoms with Crippen LogP contribution in [0.1, 0.15) is 72.6 Å². The summed E-state index contributed by atoms with van der Waals surface area (Å²) in [4.78, 5) is 2.61. The summed E-state index contributed by atoms with van der Waals surface area (Å²) in [5.41, 5.74) is 0.265. The fourth-order valence-corrected chi connectivity index (χ4v) is 2.91. The molecule has 1 saturated heterocycles. The molecule has 0 aromatic carbocycles. The third kappa shape index (κ3) is 10.3. The molecule has 1 atom stereocenters. The van der Waals surface area contributed by atoms with Gasteiger partial charge in [-0.15, -0.1) is 0 Å². The number of rotatable bonds is 10.